The van der Waals surface area contributed by atoms with Gasteiger partial charge in [-0.1, -0.05) is 36.2 Å². The Morgan fingerprint density at radius 2 is 1.90 bits per heavy atom. The molecule has 0 aliphatic carbocycles. The first-order chi connectivity index (χ1) is 15.0. The zero-order valence-electron chi connectivity index (χ0n) is 17.7. The van der Waals surface area contributed by atoms with Crippen LogP contribution in [0.5, 0.6) is 0 Å². The molecule has 2 heterocycles. The summed E-state index contributed by atoms with van der Waals surface area (Å²) in [7, 11) is 0. The van der Waals surface area contributed by atoms with Crippen LogP contribution >= 0.6 is 11.6 Å². The lowest BCUT2D eigenvalue weighted by atomic mass is 10.0. The molecule has 0 radical (unpaired) electrons. The van der Waals surface area contributed by atoms with Crippen LogP contribution < -0.4 is 10.7 Å². The Morgan fingerprint density at radius 3 is 2.68 bits per heavy atom. The van der Waals surface area contributed by atoms with Gasteiger partial charge in [-0.3, -0.25) is 9.59 Å². The zero-order valence-corrected chi connectivity index (χ0v) is 18.5. The highest BCUT2D eigenvalue weighted by Crippen LogP contribution is 2.29. The average molecular weight is 439 g/mol. The van der Waals surface area contributed by atoms with Gasteiger partial charge in [0.1, 0.15) is 5.76 Å². The molecule has 3 aromatic rings. The molecule has 2 aromatic carbocycles. The van der Waals surface area contributed by atoms with Gasteiger partial charge in [0.05, 0.1) is 10.9 Å². The first-order valence-corrected chi connectivity index (χ1v) is 11.3. The fraction of sp³-hybridized carbons (Fsp3) is 0.360. The molecule has 1 N–H and O–H groups in total. The normalized spacial score (nSPS) is 14.6. The fourth-order valence-corrected chi connectivity index (χ4v) is 4.37. The Hall–Kier alpha value is -2.63. The van der Waals surface area contributed by atoms with Crippen molar-refractivity contribution < 1.29 is 9.21 Å². The number of hydrogen-bond acceptors (Lipinski definition) is 4. The third kappa shape index (κ3) is 4.83. The van der Waals surface area contributed by atoms with Crippen LogP contribution in [0.15, 0.2) is 51.7 Å². The van der Waals surface area contributed by atoms with Gasteiger partial charge in [0, 0.05) is 22.7 Å². The van der Waals surface area contributed by atoms with Crippen LogP contribution in [-0.4, -0.2) is 37.0 Å². The number of carbonyl (C=O) groups is 1. The molecule has 162 valence electrons. The van der Waals surface area contributed by atoms with Crippen molar-refractivity contribution in [2.75, 3.05) is 26.2 Å². The Morgan fingerprint density at radius 1 is 1.13 bits per heavy atom. The molecule has 0 spiro atoms. The maximum Gasteiger partial charge on any atom is 0.255 e. The van der Waals surface area contributed by atoms with E-state index < -0.39 is 0 Å². The van der Waals surface area contributed by atoms with Crippen LogP contribution in [0.2, 0.25) is 5.02 Å². The van der Waals surface area contributed by atoms with Crippen molar-refractivity contribution in [2.24, 2.45) is 0 Å². The molecule has 1 aliphatic rings. The molecular weight excluding hydrogens is 412 g/mol. The predicted molar refractivity (Wildman–Crippen MR) is 125 cm³/mol. The number of nitrogens with zero attached hydrogens (tertiary/aromatic N) is 1. The molecule has 4 rings (SSSR count). The quantitative estimate of drug-likeness (QED) is 0.548. The van der Waals surface area contributed by atoms with Crippen LogP contribution in [0.25, 0.3) is 22.3 Å². The van der Waals surface area contributed by atoms with Crippen molar-refractivity contribution in [1.82, 2.24) is 10.2 Å². The number of piperidine rings is 1. The zero-order chi connectivity index (χ0) is 21.8. The fourth-order valence-electron chi connectivity index (χ4n) is 4.18. The van der Waals surface area contributed by atoms with E-state index in [1.165, 1.54) is 19.3 Å². The topological polar surface area (TPSA) is 62.6 Å². The molecule has 0 saturated carbocycles. The van der Waals surface area contributed by atoms with Gasteiger partial charge in [-0.2, -0.15) is 0 Å². The van der Waals surface area contributed by atoms with E-state index in [1.807, 2.05) is 12.1 Å². The first kappa shape index (κ1) is 21.6. The smallest absolute Gasteiger partial charge is 0.255 e. The van der Waals surface area contributed by atoms with Gasteiger partial charge in [0.15, 0.2) is 11.0 Å². The summed E-state index contributed by atoms with van der Waals surface area (Å²) in [5.41, 5.74) is 1.74. The lowest BCUT2D eigenvalue weighted by Gasteiger charge is -2.26. The maximum atomic E-state index is 13.0. The van der Waals surface area contributed by atoms with Crippen LogP contribution in [0.3, 0.4) is 0 Å². The number of para-hydroxylation sites is 1. The van der Waals surface area contributed by atoms with E-state index in [0.29, 0.717) is 45.0 Å². The van der Waals surface area contributed by atoms with Crippen LogP contribution in [-0.2, 0) is 0 Å². The van der Waals surface area contributed by atoms with Crippen molar-refractivity contribution in [3.05, 3.63) is 68.8 Å². The molecule has 1 fully saturated rings. The third-order valence-electron chi connectivity index (χ3n) is 5.86. The van der Waals surface area contributed by atoms with Crippen LogP contribution in [0.4, 0.5) is 0 Å². The molecule has 1 saturated heterocycles. The Bertz CT molecular complexity index is 1150. The molecule has 0 atom stereocenters. The highest BCUT2D eigenvalue weighted by atomic mass is 35.5. The number of likely N-dealkylation sites (tertiary alicyclic amines) is 1. The Balaban J connectivity index is 1.57. The third-order valence-corrected chi connectivity index (χ3v) is 6.10. The number of amides is 1. The second-order valence-electron chi connectivity index (χ2n) is 8.09. The summed E-state index contributed by atoms with van der Waals surface area (Å²) in [6, 6.07) is 12.3. The Labute approximate surface area is 187 Å². The highest BCUT2D eigenvalue weighted by molar-refractivity contribution is 6.30. The minimum absolute atomic E-state index is 0.143. The van der Waals surface area contributed by atoms with Crippen LogP contribution in [0.1, 0.15) is 41.6 Å². The number of rotatable bonds is 6. The summed E-state index contributed by atoms with van der Waals surface area (Å²) < 4.78 is 6.14. The van der Waals surface area contributed by atoms with Crippen molar-refractivity contribution >= 4 is 28.5 Å². The molecule has 1 aliphatic heterocycles. The van der Waals surface area contributed by atoms with Crippen LogP contribution in [0, 0.1) is 6.92 Å². The van der Waals surface area contributed by atoms with Gasteiger partial charge in [0.2, 0.25) is 0 Å². The summed E-state index contributed by atoms with van der Waals surface area (Å²) in [5.74, 6) is 0.207. The Kier molecular flexibility index (Phi) is 6.73. The number of carbonyl (C=O) groups excluding carboxylic acids is 1. The monoisotopic (exact) mass is 438 g/mol. The molecule has 31 heavy (non-hydrogen) atoms. The predicted octanol–water partition coefficient (Wildman–Crippen LogP) is 5.03. The van der Waals surface area contributed by atoms with Gasteiger partial charge < -0.3 is 14.6 Å². The SMILES string of the molecule is Cc1c(-c2cccc(Cl)c2)oc2c(C(=O)NCCCN3CCCCC3)cccc2c1=O. The summed E-state index contributed by atoms with van der Waals surface area (Å²) in [6.45, 7) is 5.60. The number of halogens is 1. The minimum Gasteiger partial charge on any atom is -0.455 e. The molecule has 1 amide bonds. The molecule has 1 aromatic heterocycles. The maximum absolute atomic E-state index is 13.0. The number of fused-ring (bicyclic) bond motifs is 1. The van der Waals surface area contributed by atoms with Crippen molar-refractivity contribution in [1.29, 1.82) is 0 Å². The highest BCUT2D eigenvalue weighted by Gasteiger charge is 2.18. The van der Waals surface area contributed by atoms with E-state index in [0.717, 1.165) is 26.1 Å². The average Bonchev–Trinajstić information content (AvgIpc) is 2.79. The van der Waals surface area contributed by atoms with Gasteiger partial charge in [-0.15, -0.1) is 0 Å². The second-order valence-corrected chi connectivity index (χ2v) is 8.53. The van der Waals surface area contributed by atoms with E-state index >= 15 is 0 Å². The van der Waals surface area contributed by atoms with Gasteiger partial charge in [-0.05, 0) is 70.1 Å². The first-order valence-electron chi connectivity index (χ1n) is 10.9. The van der Waals surface area contributed by atoms with Gasteiger partial charge >= 0.3 is 0 Å². The number of benzene rings is 2. The van der Waals surface area contributed by atoms with E-state index in [-0.39, 0.29) is 11.3 Å². The summed E-state index contributed by atoms with van der Waals surface area (Å²) in [4.78, 5) is 28.3. The van der Waals surface area contributed by atoms with E-state index in [2.05, 4.69) is 10.2 Å². The van der Waals surface area contributed by atoms with Crippen molar-refractivity contribution in [3.63, 3.8) is 0 Å². The summed E-state index contributed by atoms with van der Waals surface area (Å²) in [6.07, 6.45) is 4.73. The summed E-state index contributed by atoms with van der Waals surface area (Å²) >= 11 is 6.13. The number of hydrogen-bond donors (Lipinski definition) is 1. The van der Waals surface area contributed by atoms with Crippen molar-refractivity contribution in [2.45, 2.75) is 32.6 Å². The lowest BCUT2D eigenvalue weighted by molar-refractivity contribution is 0.0951. The largest absolute Gasteiger partial charge is 0.455 e. The molecular formula is C25H27ClN2O3. The molecule has 0 unspecified atom stereocenters. The van der Waals surface area contributed by atoms with Crippen molar-refractivity contribution in [3.8, 4) is 11.3 Å². The van der Waals surface area contributed by atoms with E-state index in [9.17, 15) is 9.59 Å². The number of nitrogens with one attached hydrogen (secondary N) is 1. The standard InChI is InChI=1S/C25H27ClN2O3/c1-17-22(29)20-10-6-11-21(24(20)31-23(17)18-8-5-9-19(26)16-18)25(30)27-12-7-15-28-13-3-2-4-14-28/h5-6,8-11,16H,2-4,7,12-15H2,1H3,(H,27,30). The molecule has 6 heteroatoms. The molecule has 0 bridgehead atoms. The van der Waals surface area contributed by atoms with Gasteiger partial charge in [0.25, 0.3) is 5.91 Å². The summed E-state index contributed by atoms with van der Waals surface area (Å²) in [5, 5.41) is 3.95. The van der Waals surface area contributed by atoms with Gasteiger partial charge in [-0.25, -0.2) is 0 Å². The second kappa shape index (κ2) is 9.67. The molecule has 5 nitrogen and oxygen atoms in total. The lowest BCUT2D eigenvalue weighted by Crippen LogP contribution is -2.33. The van der Waals surface area contributed by atoms with E-state index in [4.69, 9.17) is 16.0 Å². The van der Waals surface area contributed by atoms with E-state index in [1.54, 1.807) is 37.3 Å². The minimum atomic E-state index is -0.228.